The Morgan fingerprint density at radius 3 is 3.00 bits per heavy atom. The molecule has 2 aliphatic rings. The number of aromatic nitrogens is 4. The van der Waals surface area contributed by atoms with Crippen LogP contribution in [0.2, 0.25) is 0 Å². The number of fused-ring (bicyclic) bond motifs is 2. The van der Waals surface area contributed by atoms with Crippen LogP contribution in [0.15, 0.2) is 40.8 Å². The van der Waals surface area contributed by atoms with Crippen LogP contribution in [0.25, 0.3) is 11.2 Å². The van der Waals surface area contributed by atoms with Crippen molar-refractivity contribution < 1.29 is 4.74 Å². The second kappa shape index (κ2) is 5.49. The molecule has 9 heteroatoms. The van der Waals surface area contributed by atoms with Crippen LogP contribution in [0, 0.1) is 5.41 Å². The van der Waals surface area contributed by atoms with Crippen LogP contribution in [0.3, 0.4) is 0 Å². The van der Waals surface area contributed by atoms with Gasteiger partial charge in [-0.1, -0.05) is 0 Å². The van der Waals surface area contributed by atoms with Crippen molar-refractivity contribution in [3.05, 3.63) is 30.8 Å². The van der Waals surface area contributed by atoms with Crippen LogP contribution in [-0.4, -0.2) is 43.9 Å². The molecule has 0 aliphatic carbocycles. The van der Waals surface area contributed by atoms with Crippen molar-refractivity contribution in [3.8, 4) is 0 Å². The number of hydrogen-bond donors (Lipinski definition) is 3. The molecule has 4 N–H and O–H groups in total. The maximum atomic E-state index is 7.11. The van der Waals surface area contributed by atoms with Crippen LogP contribution in [0.5, 0.6) is 0 Å². The van der Waals surface area contributed by atoms with Crippen molar-refractivity contribution in [1.82, 2.24) is 19.9 Å². The van der Waals surface area contributed by atoms with E-state index in [4.69, 9.17) is 15.9 Å². The van der Waals surface area contributed by atoms with Crippen LogP contribution in [0.4, 0.5) is 0 Å². The van der Waals surface area contributed by atoms with Gasteiger partial charge in [-0.2, -0.15) is 0 Å². The van der Waals surface area contributed by atoms with Gasteiger partial charge in [0.05, 0.1) is 24.8 Å². The number of hydrogen-bond acceptors (Lipinski definition) is 7. The number of rotatable bonds is 1. The molecule has 2 aromatic heterocycles. The number of amidine groups is 2. The van der Waals surface area contributed by atoms with E-state index in [0.717, 1.165) is 17.6 Å². The number of aromatic amines is 1. The normalized spacial score (nSPS) is 15.9. The molecule has 4 heterocycles. The van der Waals surface area contributed by atoms with Crippen molar-refractivity contribution >= 4 is 28.5 Å². The lowest BCUT2D eigenvalue weighted by molar-refractivity contribution is 0.251. The van der Waals surface area contributed by atoms with E-state index < -0.39 is 0 Å². The molecule has 0 atom stereocenters. The van der Waals surface area contributed by atoms with Crippen LogP contribution in [0.1, 0.15) is 6.42 Å². The number of imidazole rings is 1. The van der Waals surface area contributed by atoms with Gasteiger partial charge in [-0.25, -0.2) is 24.9 Å². The van der Waals surface area contributed by atoms with E-state index in [1.807, 2.05) is 0 Å². The number of nitrogens with two attached hydrogens (primary N) is 1. The molecule has 0 radical (unpaired) electrons. The molecule has 0 saturated carbocycles. The maximum Gasteiger partial charge on any atom is 0.195 e. The lowest BCUT2D eigenvalue weighted by Crippen LogP contribution is -2.19. The van der Waals surface area contributed by atoms with Gasteiger partial charge in [-0.3, -0.25) is 5.41 Å². The predicted molar refractivity (Wildman–Crippen MR) is 77.1 cm³/mol. The zero-order valence-corrected chi connectivity index (χ0v) is 10.9. The molecule has 4 rings (SSSR count). The molecule has 0 fully saturated rings. The van der Waals surface area contributed by atoms with Gasteiger partial charge in [-0.05, 0) is 0 Å². The summed E-state index contributed by atoms with van der Waals surface area (Å²) in [6, 6.07) is 0. The van der Waals surface area contributed by atoms with Gasteiger partial charge in [0, 0.05) is 6.42 Å². The maximum absolute atomic E-state index is 7.11. The molecule has 0 amide bonds. The first-order chi connectivity index (χ1) is 10.2. The van der Waals surface area contributed by atoms with Gasteiger partial charge < -0.3 is 15.5 Å². The lowest BCUT2D eigenvalue weighted by Gasteiger charge is -2.07. The van der Waals surface area contributed by atoms with Crippen molar-refractivity contribution in [2.75, 3.05) is 6.61 Å². The third-order valence-electron chi connectivity index (χ3n) is 2.75. The monoisotopic (exact) mass is 284 g/mol. The van der Waals surface area contributed by atoms with Crippen LogP contribution in [-0.2, 0) is 4.74 Å². The minimum absolute atomic E-state index is 0.0993. The van der Waals surface area contributed by atoms with Gasteiger partial charge in [0.2, 0.25) is 0 Å². The van der Waals surface area contributed by atoms with Crippen LogP contribution >= 0.6 is 0 Å². The molecule has 0 aromatic carbocycles. The number of nitrogens with zero attached hydrogens (tertiary/aromatic N) is 5. The fourth-order valence-electron chi connectivity index (χ4n) is 1.77. The van der Waals surface area contributed by atoms with Gasteiger partial charge in [0.15, 0.2) is 17.3 Å². The molecule has 2 aromatic rings. The fraction of sp³-hybridized carbons (Fsp3) is 0.167. The first-order valence-corrected chi connectivity index (χ1v) is 6.16. The Morgan fingerprint density at radius 1 is 1.33 bits per heavy atom. The fourth-order valence-corrected chi connectivity index (χ4v) is 1.77. The summed E-state index contributed by atoms with van der Waals surface area (Å²) in [5, 5.41) is 7.11. The molecule has 0 unspecified atom stereocenters. The van der Waals surface area contributed by atoms with E-state index in [1.165, 1.54) is 6.33 Å². The Kier molecular flexibility index (Phi) is 3.37. The smallest absolute Gasteiger partial charge is 0.195 e. The van der Waals surface area contributed by atoms with E-state index in [1.54, 1.807) is 18.8 Å². The molecule has 21 heavy (non-hydrogen) atoms. The second-order valence-electron chi connectivity index (χ2n) is 4.19. The summed E-state index contributed by atoms with van der Waals surface area (Å²) in [6.45, 7) is 0.628. The number of H-pyrrole nitrogens is 1. The Morgan fingerprint density at radius 2 is 2.24 bits per heavy atom. The molecule has 106 valence electrons. The summed E-state index contributed by atoms with van der Waals surface area (Å²) in [6.07, 6.45) is 7.06. The first kappa shape index (κ1) is 12.9. The van der Waals surface area contributed by atoms with Crippen molar-refractivity contribution in [3.63, 3.8) is 0 Å². The third kappa shape index (κ3) is 2.76. The quantitative estimate of drug-likeness (QED) is 0.513. The minimum Gasteiger partial charge on any atom is -0.498 e. The number of aliphatic imine (C=N–C) groups is 2. The van der Waals surface area contributed by atoms with Gasteiger partial charge >= 0.3 is 0 Å². The molecule has 2 aliphatic heterocycles. The SMILES string of the molecule is N=C(N)C1=NC2=COCCC2=N1.c1ncc2[nH]cnc2n1. The molecular weight excluding hydrogens is 272 g/mol. The van der Waals surface area contributed by atoms with Gasteiger partial charge in [0.1, 0.15) is 23.8 Å². The summed E-state index contributed by atoms with van der Waals surface area (Å²) in [7, 11) is 0. The molecule has 9 nitrogen and oxygen atoms in total. The highest BCUT2D eigenvalue weighted by molar-refractivity contribution is 6.43. The highest BCUT2D eigenvalue weighted by Crippen LogP contribution is 2.16. The number of nitrogens with one attached hydrogen (secondary N) is 2. The Hall–Kier alpha value is -3.10. The van der Waals surface area contributed by atoms with Gasteiger partial charge in [-0.15, -0.1) is 0 Å². The average Bonchev–Trinajstić information content (AvgIpc) is 3.14. The van der Waals surface area contributed by atoms with E-state index in [2.05, 4.69) is 29.9 Å². The molecule has 0 bridgehead atoms. The number of ether oxygens (including phenoxy) is 1. The standard InChI is InChI=1S/C7H8N4O.C5H4N4/c8-6(9)7-10-4-1-2-12-3-5(4)11-7;1-4-5(8-2-6-1)9-3-7-4/h3H,1-2H2,(H3,8,9);1-3H,(H,6,7,8,9). The topological polar surface area (TPSA) is 138 Å². The Bertz CT molecular complexity index is 742. The zero-order valence-electron chi connectivity index (χ0n) is 10.9. The third-order valence-corrected chi connectivity index (χ3v) is 2.75. The lowest BCUT2D eigenvalue weighted by atomic mass is 10.2. The molecule has 0 spiro atoms. The summed E-state index contributed by atoms with van der Waals surface area (Å²) in [5.41, 5.74) is 8.38. The van der Waals surface area contributed by atoms with E-state index in [-0.39, 0.29) is 5.84 Å². The Labute approximate surface area is 119 Å². The van der Waals surface area contributed by atoms with Crippen molar-refractivity contribution in [1.29, 1.82) is 5.41 Å². The van der Waals surface area contributed by atoms with E-state index >= 15 is 0 Å². The highest BCUT2D eigenvalue weighted by atomic mass is 16.5. The van der Waals surface area contributed by atoms with Gasteiger partial charge in [0.25, 0.3) is 0 Å². The summed E-state index contributed by atoms with van der Waals surface area (Å²) >= 11 is 0. The number of allylic oxidation sites excluding steroid dienone is 1. The first-order valence-electron chi connectivity index (χ1n) is 6.16. The van der Waals surface area contributed by atoms with E-state index in [9.17, 15) is 0 Å². The van der Waals surface area contributed by atoms with Crippen LogP contribution < -0.4 is 5.73 Å². The molecule has 0 saturated heterocycles. The minimum atomic E-state index is -0.0993. The highest BCUT2D eigenvalue weighted by Gasteiger charge is 2.20. The molecular formula is C12H12N8O. The zero-order chi connectivity index (χ0) is 14.7. The average molecular weight is 284 g/mol. The van der Waals surface area contributed by atoms with E-state index in [0.29, 0.717) is 23.8 Å². The van der Waals surface area contributed by atoms with Crippen molar-refractivity contribution in [2.24, 2.45) is 15.7 Å². The van der Waals surface area contributed by atoms with Crippen molar-refractivity contribution in [2.45, 2.75) is 6.42 Å². The summed E-state index contributed by atoms with van der Waals surface area (Å²) in [4.78, 5) is 22.6. The summed E-state index contributed by atoms with van der Waals surface area (Å²) in [5.74, 6) is 0.194. The summed E-state index contributed by atoms with van der Waals surface area (Å²) < 4.78 is 5.05. The Balaban J connectivity index is 0.000000131. The second-order valence-corrected chi connectivity index (χ2v) is 4.19. The predicted octanol–water partition coefficient (Wildman–Crippen LogP) is 0.390. The largest absolute Gasteiger partial charge is 0.498 e.